The van der Waals surface area contributed by atoms with Gasteiger partial charge < -0.3 is 10.2 Å². The Labute approximate surface area is 135 Å². The Morgan fingerprint density at radius 3 is 2.80 bits per heavy atom. The molecule has 20 heavy (non-hydrogen) atoms. The van der Waals surface area contributed by atoms with Gasteiger partial charge in [0.05, 0.1) is 15.6 Å². The highest BCUT2D eigenvalue weighted by Crippen LogP contribution is 2.30. The summed E-state index contributed by atoms with van der Waals surface area (Å²) in [6.07, 6.45) is 1.07. The van der Waals surface area contributed by atoms with Gasteiger partial charge in [-0.2, -0.15) is 0 Å². The van der Waals surface area contributed by atoms with Crippen molar-refractivity contribution in [2.75, 3.05) is 26.2 Å². The third-order valence-electron chi connectivity index (χ3n) is 4.17. The first-order valence-electron chi connectivity index (χ1n) is 6.61. The lowest BCUT2D eigenvalue weighted by Gasteiger charge is -2.34. The molecular formula is C14H17Cl3N2O. The maximum atomic E-state index is 12.5. The summed E-state index contributed by atoms with van der Waals surface area (Å²) in [5, 5.41) is 4.20. The SMILES string of the molecule is Cl.O=C(c1cccc(Cl)c1Cl)N1CCC2CNCC2C1. The van der Waals surface area contributed by atoms with E-state index in [2.05, 4.69) is 5.32 Å². The summed E-state index contributed by atoms with van der Waals surface area (Å²) in [6.45, 7) is 3.73. The molecule has 0 saturated carbocycles. The van der Waals surface area contributed by atoms with Gasteiger partial charge in [0.1, 0.15) is 0 Å². The van der Waals surface area contributed by atoms with Crippen LogP contribution >= 0.6 is 35.6 Å². The van der Waals surface area contributed by atoms with Crippen molar-refractivity contribution >= 4 is 41.5 Å². The van der Waals surface area contributed by atoms with Crippen molar-refractivity contribution in [1.82, 2.24) is 10.2 Å². The van der Waals surface area contributed by atoms with Crippen LogP contribution in [0.1, 0.15) is 16.8 Å². The number of carbonyl (C=O) groups excluding carboxylic acids is 1. The third-order valence-corrected chi connectivity index (χ3v) is 4.99. The number of nitrogens with zero attached hydrogens (tertiary/aromatic N) is 1. The summed E-state index contributed by atoms with van der Waals surface area (Å²) >= 11 is 12.1. The average Bonchev–Trinajstić information content (AvgIpc) is 2.88. The van der Waals surface area contributed by atoms with E-state index >= 15 is 0 Å². The number of hydrogen-bond acceptors (Lipinski definition) is 2. The quantitative estimate of drug-likeness (QED) is 0.855. The highest BCUT2D eigenvalue weighted by atomic mass is 35.5. The Morgan fingerprint density at radius 2 is 2.00 bits per heavy atom. The van der Waals surface area contributed by atoms with Crippen LogP contribution in [0.15, 0.2) is 18.2 Å². The number of likely N-dealkylation sites (tertiary alicyclic amines) is 1. The zero-order valence-electron chi connectivity index (χ0n) is 10.9. The van der Waals surface area contributed by atoms with E-state index in [0.29, 0.717) is 21.5 Å². The molecule has 1 N–H and O–H groups in total. The van der Waals surface area contributed by atoms with Crippen LogP contribution in [-0.4, -0.2) is 37.0 Å². The number of rotatable bonds is 1. The maximum Gasteiger partial charge on any atom is 0.255 e. The normalized spacial score (nSPS) is 25.0. The Morgan fingerprint density at radius 1 is 1.25 bits per heavy atom. The Hall–Kier alpha value is -0.480. The molecule has 2 fully saturated rings. The van der Waals surface area contributed by atoms with Gasteiger partial charge in [0.15, 0.2) is 0 Å². The van der Waals surface area contributed by atoms with Crippen LogP contribution in [0.5, 0.6) is 0 Å². The zero-order valence-corrected chi connectivity index (χ0v) is 13.3. The molecule has 0 aliphatic carbocycles. The van der Waals surface area contributed by atoms with Gasteiger partial charge in [-0.1, -0.05) is 29.3 Å². The molecule has 2 saturated heterocycles. The largest absolute Gasteiger partial charge is 0.338 e. The van der Waals surface area contributed by atoms with Crippen molar-refractivity contribution in [2.45, 2.75) is 6.42 Å². The Bertz CT molecular complexity index is 509. The van der Waals surface area contributed by atoms with E-state index in [4.69, 9.17) is 23.2 Å². The van der Waals surface area contributed by atoms with Crippen LogP contribution in [-0.2, 0) is 0 Å². The molecule has 0 aromatic heterocycles. The molecule has 110 valence electrons. The summed E-state index contributed by atoms with van der Waals surface area (Å²) in [4.78, 5) is 14.4. The lowest BCUT2D eigenvalue weighted by Crippen LogP contribution is -2.43. The molecule has 0 spiro atoms. The van der Waals surface area contributed by atoms with Gasteiger partial charge in [-0.05, 0) is 43.5 Å². The highest BCUT2D eigenvalue weighted by Gasteiger charge is 2.35. The third kappa shape index (κ3) is 2.91. The van der Waals surface area contributed by atoms with Crippen molar-refractivity contribution in [3.05, 3.63) is 33.8 Å². The monoisotopic (exact) mass is 334 g/mol. The smallest absolute Gasteiger partial charge is 0.255 e. The van der Waals surface area contributed by atoms with Crippen molar-refractivity contribution in [3.63, 3.8) is 0 Å². The Kier molecular flexibility index (Phi) is 5.19. The van der Waals surface area contributed by atoms with Gasteiger partial charge in [0, 0.05) is 13.1 Å². The van der Waals surface area contributed by atoms with E-state index in [0.717, 1.165) is 38.5 Å². The zero-order chi connectivity index (χ0) is 13.4. The van der Waals surface area contributed by atoms with Crippen LogP contribution in [0.25, 0.3) is 0 Å². The van der Waals surface area contributed by atoms with Gasteiger partial charge in [-0.15, -0.1) is 12.4 Å². The predicted octanol–water partition coefficient (Wildman–Crippen LogP) is 3.10. The van der Waals surface area contributed by atoms with Gasteiger partial charge in [-0.3, -0.25) is 4.79 Å². The molecule has 3 nitrogen and oxygen atoms in total. The van der Waals surface area contributed by atoms with E-state index in [1.165, 1.54) is 0 Å². The molecule has 0 radical (unpaired) electrons. The first-order valence-corrected chi connectivity index (χ1v) is 7.36. The van der Waals surface area contributed by atoms with Crippen LogP contribution in [0, 0.1) is 11.8 Å². The van der Waals surface area contributed by atoms with Gasteiger partial charge >= 0.3 is 0 Å². The first-order chi connectivity index (χ1) is 9.16. The van der Waals surface area contributed by atoms with Crippen LogP contribution in [0.3, 0.4) is 0 Å². The highest BCUT2D eigenvalue weighted by molar-refractivity contribution is 6.43. The van der Waals surface area contributed by atoms with Crippen molar-refractivity contribution in [1.29, 1.82) is 0 Å². The molecule has 0 bridgehead atoms. The molecule has 2 aliphatic heterocycles. The van der Waals surface area contributed by atoms with Crippen LogP contribution in [0.2, 0.25) is 10.0 Å². The fourth-order valence-electron chi connectivity index (χ4n) is 3.06. The van der Waals surface area contributed by atoms with E-state index < -0.39 is 0 Å². The lowest BCUT2D eigenvalue weighted by molar-refractivity contribution is 0.0642. The summed E-state index contributed by atoms with van der Waals surface area (Å²) in [5.74, 6) is 1.30. The fourth-order valence-corrected chi connectivity index (χ4v) is 3.44. The molecular weight excluding hydrogens is 319 g/mol. The maximum absolute atomic E-state index is 12.5. The van der Waals surface area contributed by atoms with E-state index in [1.807, 2.05) is 4.90 Å². The first kappa shape index (κ1) is 15.9. The molecule has 2 aliphatic rings. The number of piperidine rings is 1. The van der Waals surface area contributed by atoms with Gasteiger partial charge in [0.2, 0.25) is 0 Å². The van der Waals surface area contributed by atoms with Crippen molar-refractivity contribution in [2.24, 2.45) is 11.8 Å². The number of amides is 1. The summed E-state index contributed by atoms with van der Waals surface area (Å²) < 4.78 is 0. The molecule has 2 atom stereocenters. The van der Waals surface area contributed by atoms with E-state index in [1.54, 1.807) is 18.2 Å². The predicted molar refractivity (Wildman–Crippen MR) is 84.1 cm³/mol. The second-order valence-electron chi connectivity index (χ2n) is 5.32. The lowest BCUT2D eigenvalue weighted by atomic mass is 9.88. The molecule has 1 aromatic carbocycles. The second-order valence-corrected chi connectivity index (χ2v) is 6.10. The molecule has 3 rings (SSSR count). The minimum absolute atomic E-state index is 0. The summed E-state index contributed by atoms with van der Waals surface area (Å²) in [7, 11) is 0. The summed E-state index contributed by atoms with van der Waals surface area (Å²) in [6, 6.07) is 5.22. The minimum atomic E-state index is -0.00199. The van der Waals surface area contributed by atoms with Gasteiger partial charge in [-0.25, -0.2) is 0 Å². The number of fused-ring (bicyclic) bond motifs is 1. The molecule has 1 aromatic rings. The molecule has 1 amide bonds. The number of carbonyl (C=O) groups is 1. The summed E-state index contributed by atoms with van der Waals surface area (Å²) in [5.41, 5.74) is 0.513. The fraction of sp³-hybridized carbons (Fsp3) is 0.500. The second kappa shape index (κ2) is 6.52. The minimum Gasteiger partial charge on any atom is -0.338 e. The molecule has 2 heterocycles. The molecule has 2 unspecified atom stereocenters. The van der Waals surface area contributed by atoms with Crippen molar-refractivity contribution in [3.8, 4) is 0 Å². The number of hydrogen-bond donors (Lipinski definition) is 1. The van der Waals surface area contributed by atoms with E-state index in [-0.39, 0.29) is 18.3 Å². The van der Waals surface area contributed by atoms with Crippen LogP contribution < -0.4 is 5.32 Å². The molecule has 6 heteroatoms. The van der Waals surface area contributed by atoms with Crippen molar-refractivity contribution < 1.29 is 4.79 Å². The standard InChI is InChI=1S/C14H16Cl2N2O.ClH/c15-12-3-1-2-11(13(12)16)14(19)18-5-4-9-6-17-7-10(9)8-18;/h1-3,9-10,17H,4-8H2;1H. The van der Waals surface area contributed by atoms with Gasteiger partial charge in [0.25, 0.3) is 5.91 Å². The number of halogens is 3. The number of benzene rings is 1. The topological polar surface area (TPSA) is 32.3 Å². The van der Waals surface area contributed by atoms with Crippen LogP contribution in [0.4, 0.5) is 0 Å². The Balaban J connectivity index is 0.00000147. The van der Waals surface area contributed by atoms with E-state index in [9.17, 15) is 4.79 Å². The number of nitrogens with one attached hydrogen (secondary N) is 1. The average molecular weight is 336 g/mol.